The lowest BCUT2D eigenvalue weighted by Gasteiger charge is -2.30. The molecule has 1 saturated carbocycles. The number of carbonyl (C=O) groups excluding carboxylic acids is 3. The Morgan fingerprint density at radius 3 is 2.58 bits per heavy atom. The summed E-state index contributed by atoms with van der Waals surface area (Å²) in [5.41, 5.74) is 8.73. The zero-order chi connectivity index (χ0) is 22.2. The molecule has 1 aliphatic carbocycles. The van der Waals surface area contributed by atoms with Gasteiger partial charge in [0.1, 0.15) is 5.75 Å². The fourth-order valence-electron chi connectivity index (χ4n) is 4.44. The number of nitrogens with one attached hydrogen (secondary N) is 1. The van der Waals surface area contributed by atoms with E-state index in [1.54, 1.807) is 0 Å². The van der Waals surface area contributed by atoms with Crippen LogP contribution in [0, 0.1) is 6.92 Å². The highest BCUT2D eigenvalue weighted by Gasteiger charge is 2.25. The predicted octanol–water partition coefficient (Wildman–Crippen LogP) is 2.44. The Hall–Kier alpha value is -2.96. The zero-order valence-corrected chi connectivity index (χ0v) is 17.9. The van der Waals surface area contributed by atoms with E-state index in [4.69, 9.17) is 20.1 Å². The first-order chi connectivity index (χ1) is 15.0. The van der Waals surface area contributed by atoms with Crippen molar-refractivity contribution >= 4 is 28.6 Å². The molecule has 1 aromatic heterocycles. The minimum absolute atomic E-state index is 0.151. The van der Waals surface area contributed by atoms with Crippen molar-refractivity contribution in [2.75, 3.05) is 25.4 Å². The molecule has 0 atom stereocenters. The summed E-state index contributed by atoms with van der Waals surface area (Å²) in [6, 6.07) is 8.06. The number of fused-ring (bicyclic) bond motifs is 1. The summed E-state index contributed by atoms with van der Waals surface area (Å²) >= 11 is 0. The van der Waals surface area contributed by atoms with E-state index >= 15 is 0 Å². The minimum atomic E-state index is 0.151. The van der Waals surface area contributed by atoms with Crippen molar-refractivity contribution in [2.24, 2.45) is 0 Å². The maximum atomic E-state index is 12.2. The van der Waals surface area contributed by atoms with Crippen molar-refractivity contribution in [1.29, 1.82) is 0 Å². The lowest BCUT2D eigenvalue weighted by molar-refractivity contribution is -0.191. The zero-order valence-electron chi connectivity index (χ0n) is 17.9. The molecule has 1 amide bonds. The minimum Gasteiger partial charge on any atom is -0.490 e. The van der Waals surface area contributed by atoms with E-state index in [0.717, 1.165) is 61.1 Å². The number of aromatic nitrogens is 1. The van der Waals surface area contributed by atoms with Crippen LogP contribution in [0.25, 0.3) is 10.9 Å². The molecule has 0 bridgehead atoms. The van der Waals surface area contributed by atoms with Gasteiger partial charge in [-0.05, 0) is 76.7 Å². The molecule has 8 heteroatoms. The predicted molar refractivity (Wildman–Crippen MR) is 116 cm³/mol. The van der Waals surface area contributed by atoms with Gasteiger partial charge >= 0.3 is 6.15 Å². The van der Waals surface area contributed by atoms with Gasteiger partial charge in [0, 0.05) is 17.4 Å². The van der Waals surface area contributed by atoms with Gasteiger partial charge in [0.25, 0.3) is 0 Å². The van der Waals surface area contributed by atoms with E-state index in [1.807, 2.05) is 31.2 Å². The Bertz CT molecular complexity index is 929. The number of rotatable bonds is 5. The van der Waals surface area contributed by atoms with E-state index in [-0.39, 0.29) is 24.2 Å². The van der Waals surface area contributed by atoms with Gasteiger partial charge in [-0.15, -0.1) is 0 Å². The van der Waals surface area contributed by atoms with Gasteiger partial charge in [-0.3, -0.25) is 14.7 Å². The van der Waals surface area contributed by atoms with Crippen LogP contribution in [0.1, 0.15) is 44.2 Å². The fraction of sp³-hybridized carbons (Fsp3) is 0.522. The van der Waals surface area contributed by atoms with Crippen LogP contribution in [0.3, 0.4) is 0 Å². The molecule has 0 radical (unpaired) electrons. The van der Waals surface area contributed by atoms with Gasteiger partial charge in [-0.2, -0.15) is 9.59 Å². The van der Waals surface area contributed by atoms with Crippen LogP contribution >= 0.6 is 0 Å². The van der Waals surface area contributed by atoms with Crippen LogP contribution < -0.4 is 15.8 Å². The maximum absolute atomic E-state index is 12.2. The number of ether oxygens (including phenoxy) is 1. The number of amides is 1. The molecular formula is C23H30N4O4. The Balaban J connectivity index is 0.000000858. The van der Waals surface area contributed by atoms with Crippen LogP contribution in [0.15, 0.2) is 24.3 Å². The van der Waals surface area contributed by atoms with Crippen LogP contribution in [0.5, 0.6) is 5.75 Å². The molecule has 8 nitrogen and oxygen atoms in total. The Morgan fingerprint density at radius 1 is 1.23 bits per heavy atom. The SMILES string of the molecule is Cc1cc(N)c2c(OC3CCC(NC(=O)CN4CCCC4)CC3)cccc2n1.O=C=O. The molecule has 2 aromatic rings. The molecule has 3 N–H and O–H groups in total. The van der Waals surface area contributed by atoms with Crippen LogP contribution in [-0.4, -0.2) is 53.7 Å². The van der Waals surface area contributed by atoms with E-state index in [0.29, 0.717) is 12.2 Å². The van der Waals surface area contributed by atoms with Gasteiger partial charge in [-0.1, -0.05) is 6.07 Å². The number of hydrogen-bond acceptors (Lipinski definition) is 7. The molecule has 1 aromatic carbocycles. The monoisotopic (exact) mass is 426 g/mol. The number of nitrogen functional groups attached to an aromatic ring is 1. The number of benzene rings is 1. The lowest BCUT2D eigenvalue weighted by atomic mass is 9.93. The highest BCUT2D eigenvalue weighted by molar-refractivity contribution is 5.95. The molecule has 4 rings (SSSR count). The summed E-state index contributed by atoms with van der Waals surface area (Å²) in [6.07, 6.45) is 6.60. The van der Waals surface area contributed by atoms with Crippen molar-refractivity contribution < 1.29 is 19.1 Å². The summed E-state index contributed by atoms with van der Waals surface area (Å²) in [5, 5.41) is 4.11. The lowest BCUT2D eigenvalue weighted by Crippen LogP contribution is -2.43. The average molecular weight is 427 g/mol. The second-order valence-corrected chi connectivity index (χ2v) is 8.23. The number of likely N-dealkylation sites (tertiary alicyclic amines) is 1. The van der Waals surface area contributed by atoms with Crippen LogP contribution in [0.2, 0.25) is 0 Å². The smallest absolute Gasteiger partial charge is 0.373 e. The number of aryl methyl sites for hydroxylation is 1. The molecule has 2 aliphatic rings. The highest BCUT2D eigenvalue weighted by Crippen LogP contribution is 2.33. The quantitative estimate of drug-likeness (QED) is 0.755. The summed E-state index contributed by atoms with van der Waals surface area (Å²) < 4.78 is 6.31. The fourth-order valence-corrected chi connectivity index (χ4v) is 4.44. The summed E-state index contributed by atoms with van der Waals surface area (Å²) in [6.45, 7) is 4.59. The maximum Gasteiger partial charge on any atom is 0.373 e. The highest BCUT2D eigenvalue weighted by atomic mass is 16.5. The van der Waals surface area contributed by atoms with Gasteiger partial charge in [-0.25, -0.2) is 0 Å². The normalized spacial score (nSPS) is 21.1. The molecule has 1 saturated heterocycles. The summed E-state index contributed by atoms with van der Waals surface area (Å²) in [5.74, 6) is 0.971. The van der Waals surface area contributed by atoms with E-state index < -0.39 is 0 Å². The number of nitrogens with two attached hydrogens (primary N) is 1. The van der Waals surface area contributed by atoms with E-state index in [9.17, 15) is 4.79 Å². The van der Waals surface area contributed by atoms with Crippen LogP contribution in [0.4, 0.5) is 5.69 Å². The van der Waals surface area contributed by atoms with Crippen molar-refractivity contribution in [3.63, 3.8) is 0 Å². The first-order valence-electron chi connectivity index (χ1n) is 10.8. The second kappa shape index (κ2) is 10.9. The summed E-state index contributed by atoms with van der Waals surface area (Å²) in [4.78, 5) is 35.3. The Morgan fingerprint density at radius 2 is 1.90 bits per heavy atom. The number of nitrogens with zero attached hydrogens (tertiary/aromatic N) is 2. The molecule has 1 aliphatic heterocycles. The summed E-state index contributed by atoms with van der Waals surface area (Å²) in [7, 11) is 0. The van der Waals surface area contributed by atoms with Gasteiger partial charge in [0.15, 0.2) is 0 Å². The molecular weight excluding hydrogens is 396 g/mol. The van der Waals surface area contributed by atoms with Crippen molar-refractivity contribution in [3.8, 4) is 5.75 Å². The third-order valence-electron chi connectivity index (χ3n) is 5.85. The first-order valence-corrected chi connectivity index (χ1v) is 10.8. The van der Waals surface area contributed by atoms with Gasteiger partial charge < -0.3 is 15.8 Å². The second-order valence-electron chi connectivity index (χ2n) is 8.23. The van der Waals surface area contributed by atoms with Crippen LogP contribution in [-0.2, 0) is 14.4 Å². The van der Waals surface area contributed by atoms with Crippen molar-refractivity contribution in [1.82, 2.24) is 15.2 Å². The van der Waals surface area contributed by atoms with Gasteiger partial charge in [0.05, 0.1) is 23.6 Å². The molecule has 166 valence electrons. The average Bonchev–Trinajstić information content (AvgIpc) is 3.22. The third kappa shape index (κ3) is 6.26. The third-order valence-corrected chi connectivity index (χ3v) is 5.85. The first kappa shape index (κ1) is 22.7. The molecule has 0 spiro atoms. The van der Waals surface area contributed by atoms with E-state index in [1.165, 1.54) is 12.8 Å². The number of hydrogen-bond donors (Lipinski definition) is 2. The van der Waals surface area contributed by atoms with Crippen molar-refractivity contribution in [2.45, 2.75) is 57.6 Å². The number of pyridine rings is 1. The Kier molecular flexibility index (Phi) is 7.98. The molecule has 2 heterocycles. The molecule has 31 heavy (non-hydrogen) atoms. The number of carbonyl (C=O) groups is 1. The Labute approximate surface area is 182 Å². The van der Waals surface area contributed by atoms with Gasteiger partial charge in [0.2, 0.25) is 5.91 Å². The molecule has 2 fully saturated rings. The standard InChI is InChI=1S/C22H30N4O2.CO2/c1-15-13-18(23)22-19(24-15)5-4-6-20(22)28-17-9-7-16(8-10-17)25-21(27)14-26-11-2-3-12-26;2-1-3/h4-6,13,16-17H,2-3,7-12,14H2,1H3,(H2,23,24)(H,25,27);. The number of anilines is 1. The topological polar surface area (TPSA) is 115 Å². The van der Waals surface area contributed by atoms with E-state index in [2.05, 4.69) is 15.2 Å². The van der Waals surface area contributed by atoms with Crippen molar-refractivity contribution in [3.05, 3.63) is 30.0 Å². The largest absolute Gasteiger partial charge is 0.490 e. The molecule has 0 unspecified atom stereocenters.